The van der Waals surface area contributed by atoms with E-state index in [9.17, 15) is 18.0 Å². The summed E-state index contributed by atoms with van der Waals surface area (Å²) in [6, 6.07) is 5.26. The smallest absolute Gasteiger partial charge is 0.356 e. The van der Waals surface area contributed by atoms with E-state index in [1.54, 1.807) is 13.1 Å². The lowest BCUT2D eigenvalue weighted by Gasteiger charge is -2.30. The van der Waals surface area contributed by atoms with Crippen molar-refractivity contribution in [3.05, 3.63) is 63.7 Å². The number of benzene rings is 1. The second-order valence-corrected chi connectivity index (χ2v) is 9.05. The van der Waals surface area contributed by atoms with Crippen LogP contribution in [0.15, 0.2) is 30.5 Å². The van der Waals surface area contributed by atoms with E-state index in [4.69, 9.17) is 16.3 Å². The molecule has 0 radical (unpaired) electrons. The van der Waals surface area contributed by atoms with Gasteiger partial charge in [-0.15, -0.1) is 0 Å². The summed E-state index contributed by atoms with van der Waals surface area (Å²) in [6.45, 7) is 2.89. The summed E-state index contributed by atoms with van der Waals surface area (Å²) >= 11 is 6.00. The highest BCUT2D eigenvalue weighted by molar-refractivity contribution is 6.34. The molecule has 0 spiro atoms. The van der Waals surface area contributed by atoms with E-state index in [1.807, 2.05) is 10.7 Å². The maximum Gasteiger partial charge on any atom is 0.417 e. The van der Waals surface area contributed by atoms with Crippen LogP contribution in [0.5, 0.6) is 0 Å². The number of halogens is 4. The number of aryl methyl sites for hydroxylation is 1. The molecule has 1 saturated heterocycles. The molecule has 1 unspecified atom stereocenters. The molecule has 2 aliphatic heterocycles. The fourth-order valence-corrected chi connectivity index (χ4v) is 4.99. The molecular formula is C24H23ClF3N5O2. The number of nitrogens with zero attached hydrogens (tertiary/aromatic N) is 5. The van der Waals surface area contributed by atoms with Crippen molar-refractivity contribution < 1.29 is 22.7 Å². The molecule has 1 amide bonds. The van der Waals surface area contributed by atoms with Gasteiger partial charge in [-0.05, 0) is 50.8 Å². The first-order valence-electron chi connectivity index (χ1n) is 11.4. The molecule has 1 fully saturated rings. The molecule has 11 heteroatoms. The number of hydrogen-bond acceptors (Lipinski definition) is 5. The van der Waals surface area contributed by atoms with Gasteiger partial charge in [0.2, 0.25) is 0 Å². The first-order chi connectivity index (χ1) is 16.7. The summed E-state index contributed by atoms with van der Waals surface area (Å²) in [5, 5.41) is 3.88. The Morgan fingerprint density at radius 3 is 2.77 bits per heavy atom. The van der Waals surface area contributed by atoms with Crippen molar-refractivity contribution in [2.45, 2.75) is 51.6 Å². The van der Waals surface area contributed by atoms with Gasteiger partial charge in [0.1, 0.15) is 5.82 Å². The third-order valence-electron chi connectivity index (χ3n) is 6.34. The number of fused-ring (bicyclic) bond motifs is 1. The minimum Gasteiger partial charge on any atom is -0.356 e. The van der Waals surface area contributed by atoms with Crippen LogP contribution in [-0.2, 0) is 23.9 Å². The first kappa shape index (κ1) is 23.7. The molecule has 3 aromatic rings. The lowest BCUT2D eigenvalue weighted by Crippen LogP contribution is -2.37. The van der Waals surface area contributed by atoms with Gasteiger partial charge < -0.3 is 9.64 Å². The molecule has 5 rings (SSSR count). The van der Waals surface area contributed by atoms with Crippen molar-refractivity contribution in [3.8, 4) is 11.4 Å². The van der Waals surface area contributed by atoms with Crippen LogP contribution < -0.4 is 0 Å². The number of rotatable bonds is 3. The summed E-state index contributed by atoms with van der Waals surface area (Å²) in [7, 11) is 0. The molecule has 4 heterocycles. The van der Waals surface area contributed by atoms with Crippen LogP contribution in [0.2, 0.25) is 5.02 Å². The zero-order valence-corrected chi connectivity index (χ0v) is 19.7. The summed E-state index contributed by atoms with van der Waals surface area (Å²) < 4.78 is 47.6. The van der Waals surface area contributed by atoms with Gasteiger partial charge in [-0.3, -0.25) is 4.79 Å². The van der Waals surface area contributed by atoms with Gasteiger partial charge in [-0.25, -0.2) is 14.6 Å². The highest BCUT2D eigenvalue weighted by Crippen LogP contribution is 2.37. The fourth-order valence-electron chi connectivity index (χ4n) is 4.67. The Balaban J connectivity index is 1.46. The number of carbonyl (C=O) groups is 1. The zero-order valence-electron chi connectivity index (χ0n) is 19.0. The topological polar surface area (TPSA) is 73.1 Å². The van der Waals surface area contributed by atoms with Gasteiger partial charge in [0.05, 0.1) is 39.8 Å². The molecule has 184 valence electrons. The SMILES string of the molecule is Cc1nc2c(c(-c3ccnn3C3CCCCO3)n1)CCN(C(=O)c1cccc(C(F)(F)F)c1Cl)C2. The second-order valence-electron chi connectivity index (χ2n) is 8.67. The molecule has 0 aliphatic carbocycles. The number of hydrogen-bond donors (Lipinski definition) is 0. The van der Waals surface area contributed by atoms with Gasteiger partial charge in [0.15, 0.2) is 6.23 Å². The van der Waals surface area contributed by atoms with Crippen molar-refractivity contribution in [3.63, 3.8) is 0 Å². The largest absolute Gasteiger partial charge is 0.417 e. The third-order valence-corrected chi connectivity index (χ3v) is 6.75. The van der Waals surface area contributed by atoms with Gasteiger partial charge in [-0.1, -0.05) is 17.7 Å². The lowest BCUT2D eigenvalue weighted by molar-refractivity contribution is -0.137. The van der Waals surface area contributed by atoms with Gasteiger partial charge in [0, 0.05) is 24.9 Å². The van der Waals surface area contributed by atoms with Crippen molar-refractivity contribution in [1.82, 2.24) is 24.6 Å². The van der Waals surface area contributed by atoms with Crippen LogP contribution in [0.25, 0.3) is 11.4 Å². The quantitative estimate of drug-likeness (QED) is 0.488. The second kappa shape index (κ2) is 9.23. The molecule has 0 saturated carbocycles. The van der Waals surface area contributed by atoms with E-state index in [2.05, 4.69) is 15.1 Å². The molecule has 0 bridgehead atoms. The predicted octanol–water partition coefficient (Wildman–Crippen LogP) is 5.22. The van der Waals surface area contributed by atoms with Crippen LogP contribution >= 0.6 is 11.6 Å². The van der Waals surface area contributed by atoms with Crippen LogP contribution in [0.1, 0.15) is 58.5 Å². The Labute approximate surface area is 204 Å². The van der Waals surface area contributed by atoms with E-state index in [0.29, 0.717) is 31.1 Å². The van der Waals surface area contributed by atoms with Gasteiger partial charge in [0.25, 0.3) is 5.91 Å². The summed E-state index contributed by atoms with van der Waals surface area (Å²) in [6.07, 6.45) is 0.293. The lowest BCUT2D eigenvalue weighted by atomic mass is 9.99. The Kier molecular flexibility index (Phi) is 6.27. The maximum atomic E-state index is 13.3. The van der Waals surface area contributed by atoms with E-state index in [0.717, 1.165) is 42.3 Å². The number of aromatic nitrogens is 4. The number of amides is 1. The Morgan fingerprint density at radius 1 is 1.20 bits per heavy atom. The summed E-state index contributed by atoms with van der Waals surface area (Å²) in [4.78, 5) is 23.9. The summed E-state index contributed by atoms with van der Waals surface area (Å²) in [5.41, 5.74) is 1.91. The Hall–Kier alpha value is -2.98. The molecule has 2 aromatic heterocycles. The van der Waals surface area contributed by atoms with Crippen LogP contribution in [0.4, 0.5) is 13.2 Å². The molecule has 1 atom stereocenters. The van der Waals surface area contributed by atoms with Crippen molar-refractivity contribution in [1.29, 1.82) is 0 Å². The van der Waals surface area contributed by atoms with Crippen molar-refractivity contribution in [2.24, 2.45) is 0 Å². The monoisotopic (exact) mass is 505 g/mol. The number of alkyl halides is 3. The average Bonchev–Trinajstić information content (AvgIpc) is 3.32. The number of carbonyl (C=O) groups excluding carboxylic acids is 1. The van der Waals surface area contributed by atoms with E-state index >= 15 is 0 Å². The van der Waals surface area contributed by atoms with Crippen LogP contribution in [0, 0.1) is 6.92 Å². The fraction of sp³-hybridized carbons (Fsp3) is 0.417. The Bertz CT molecular complexity index is 1270. The molecular weight excluding hydrogens is 483 g/mol. The highest BCUT2D eigenvalue weighted by Gasteiger charge is 2.36. The standard InChI is InChI=1S/C24H23ClF3N5O2/c1-14-30-18-13-32(23(34)16-5-4-6-17(21(16)25)24(26,27)28)11-9-15(18)22(31-14)19-8-10-29-33(19)20-7-2-3-12-35-20/h4-6,8,10,20H,2-3,7,9,11-13H2,1H3. The van der Waals surface area contributed by atoms with E-state index < -0.39 is 22.7 Å². The minimum absolute atomic E-state index is 0.144. The van der Waals surface area contributed by atoms with E-state index in [-0.39, 0.29) is 18.3 Å². The molecule has 2 aliphatic rings. The predicted molar refractivity (Wildman–Crippen MR) is 122 cm³/mol. The molecule has 7 nitrogen and oxygen atoms in total. The Morgan fingerprint density at radius 2 is 2.03 bits per heavy atom. The molecule has 0 N–H and O–H groups in total. The highest BCUT2D eigenvalue weighted by atomic mass is 35.5. The normalized spacial score (nSPS) is 18.4. The zero-order chi connectivity index (χ0) is 24.7. The summed E-state index contributed by atoms with van der Waals surface area (Å²) in [5.74, 6) is -0.0346. The molecule has 1 aromatic carbocycles. The van der Waals surface area contributed by atoms with Crippen molar-refractivity contribution >= 4 is 17.5 Å². The van der Waals surface area contributed by atoms with Crippen LogP contribution in [0.3, 0.4) is 0 Å². The molecule has 35 heavy (non-hydrogen) atoms. The van der Waals surface area contributed by atoms with Gasteiger partial charge in [-0.2, -0.15) is 18.3 Å². The average molecular weight is 506 g/mol. The van der Waals surface area contributed by atoms with Gasteiger partial charge >= 0.3 is 6.18 Å². The maximum absolute atomic E-state index is 13.3. The van der Waals surface area contributed by atoms with Crippen LogP contribution in [-0.4, -0.2) is 43.7 Å². The number of ether oxygens (including phenoxy) is 1. The third kappa shape index (κ3) is 4.52. The van der Waals surface area contributed by atoms with Crippen molar-refractivity contribution in [2.75, 3.05) is 13.2 Å². The first-order valence-corrected chi connectivity index (χ1v) is 11.8. The minimum atomic E-state index is -4.65. The van der Waals surface area contributed by atoms with E-state index in [1.165, 1.54) is 17.0 Å².